The van der Waals surface area contributed by atoms with Crippen molar-refractivity contribution in [3.8, 4) is 0 Å². The van der Waals surface area contributed by atoms with Crippen LogP contribution in [0.5, 0.6) is 0 Å². The van der Waals surface area contributed by atoms with Gasteiger partial charge in [0.15, 0.2) is 0 Å². The number of hydrogen-bond donors (Lipinski definition) is 2. The van der Waals surface area contributed by atoms with Crippen LogP contribution in [0.1, 0.15) is 44.9 Å². The molecule has 1 aliphatic heterocycles. The van der Waals surface area contributed by atoms with Gasteiger partial charge in [0.05, 0.1) is 6.61 Å². The summed E-state index contributed by atoms with van der Waals surface area (Å²) in [6.07, 6.45) is 7.68. The van der Waals surface area contributed by atoms with Crippen molar-refractivity contribution in [2.45, 2.75) is 50.5 Å². The molecule has 2 rings (SSSR count). The highest BCUT2D eigenvalue weighted by molar-refractivity contribution is 5.77. The Balaban J connectivity index is 1.87. The number of nitrogens with zero attached hydrogens (tertiary/aromatic N) is 2. The second-order valence-corrected chi connectivity index (χ2v) is 6.57. The van der Waals surface area contributed by atoms with Crippen LogP contribution < -0.4 is 5.32 Å². The molecule has 0 aromatic rings. The van der Waals surface area contributed by atoms with Gasteiger partial charge in [0, 0.05) is 38.1 Å². The molecule has 1 saturated heterocycles. The van der Waals surface area contributed by atoms with E-state index in [1.54, 1.807) is 0 Å². The predicted molar refractivity (Wildman–Crippen MR) is 84.2 cm³/mol. The minimum absolute atomic E-state index is 0.0342. The zero-order valence-electron chi connectivity index (χ0n) is 13.4. The summed E-state index contributed by atoms with van der Waals surface area (Å²) in [5.74, 6) is 0.303. The Hall–Kier alpha value is -0.650. The normalized spacial score (nSPS) is 23.8. The fourth-order valence-corrected chi connectivity index (χ4v) is 3.73. The van der Waals surface area contributed by atoms with Crippen LogP contribution in [0.3, 0.4) is 0 Å². The molecule has 0 unspecified atom stereocenters. The van der Waals surface area contributed by atoms with E-state index in [-0.39, 0.29) is 12.1 Å². The molecule has 1 amide bonds. The lowest BCUT2D eigenvalue weighted by molar-refractivity contribution is -0.133. The van der Waals surface area contributed by atoms with E-state index < -0.39 is 0 Å². The van der Waals surface area contributed by atoms with Crippen molar-refractivity contribution in [1.82, 2.24) is 15.1 Å². The number of β-amino-alcohol motifs (C(OH)–C–C–N with tert-alkyl or cyclic N) is 1. The number of carbonyl (C=O) groups is 1. The summed E-state index contributed by atoms with van der Waals surface area (Å²) in [6, 6.07) is 0. The Morgan fingerprint density at radius 2 is 1.86 bits per heavy atom. The van der Waals surface area contributed by atoms with Crippen molar-refractivity contribution < 1.29 is 9.90 Å². The smallest absolute Gasteiger partial charge is 0.224 e. The van der Waals surface area contributed by atoms with E-state index in [9.17, 15) is 4.79 Å². The lowest BCUT2D eigenvalue weighted by Gasteiger charge is -2.38. The van der Waals surface area contributed by atoms with Gasteiger partial charge in [0.1, 0.15) is 0 Å². The Labute approximate surface area is 128 Å². The molecule has 1 saturated carbocycles. The number of aliphatic hydroxyl groups excluding tert-OH is 1. The van der Waals surface area contributed by atoms with Crippen LogP contribution in [-0.4, -0.2) is 72.7 Å². The minimum Gasteiger partial charge on any atom is -0.395 e. The first-order valence-electron chi connectivity index (χ1n) is 8.49. The van der Waals surface area contributed by atoms with Crippen molar-refractivity contribution >= 4 is 5.91 Å². The van der Waals surface area contributed by atoms with E-state index >= 15 is 0 Å². The second-order valence-electron chi connectivity index (χ2n) is 6.57. The molecule has 2 aliphatic rings. The van der Waals surface area contributed by atoms with Crippen LogP contribution >= 0.6 is 0 Å². The molecule has 1 aliphatic carbocycles. The highest BCUT2D eigenvalue weighted by Crippen LogP contribution is 2.31. The standard InChI is InChI=1S/C16H31N3O2/c1-17-16(6-3-2-4-7-16)14-15(21)19-9-5-8-18(10-11-19)12-13-20/h17,20H,2-14H2,1H3. The van der Waals surface area contributed by atoms with E-state index in [1.807, 2.05) is 11.9 Å². The zero-order chi connectivity index (χ0) is 15.1. The second kappa shape index (κ2) is 8.11. The molecule has 0 atom stereocenters. The maximum atomic E-state index is 12.7. The fourth-order valence-electron chi connectivity index (χ4n) is 3.73. The Morgan fingerprint density at radius 1 is 1.10 bits per heavy atom. The summed E-state index contributed by atoms with van der Waals surface area (Å²) < 4.78 is 0. The zero-order valence-corrected chi connectivity index (χ0v) is 13.4. The molecule has 0 bridgehead atoms. The summed E-state index contributed by atoms with van der Waals surface area (Å²) >= 11 is 0. The van der Waals surface area contributed by atoms with E-state index in [2.05, 4.69) is 10.2 Å². The molecule has 5 nitrogen and oxygen atoms in total. The highest BCUT2D eigenvalue weighted by atomic mass is 16.3. The molecule has 21 heavy (non-hydrogen) atoms. The van der Waals surface area contributed by atoms with E-state index in [1.165, 1.54) is 19.3 Å². The molecule has 0 radical (unpaired) electrons. The lowest BCUT2D eigenvalue weighted by atomic mass is 9.79. The van der Waals surface area contributed by atoms with Crippen molar-refractivity contribution in [3.63, 3.8) is 0 Å². The number of aliphatic hydroxyl groups is 1. The Bertz CT molecular complexity index is 329. The average molecular weight is 297 g/mol. The SMILES string of the molecule is CNC1(CC(=O)N2CCCN(CCO)CC2)CCCCC1. The van der Waals surface area contributed by atoms with Gasteiger partial charge in [-0.1, -0.05) is 19.3 Å². The van der Waals surface area contributed by atoms with Crippen molar-refractivity contribution in [2.24, 2.45) is 0 Å². The average Bonchev–Trinajstić information content (AvgIpc) is 2.74. The molecule has 1 heterocycles. The molecule has 2 N–H and O–H groups in total. The molecule has 5 heteroatoms. The lowest BCUT2D eigenvalue weighted by Crippen LogP contribution is -2.49. The highest BCUT2D eigenvalue weighted by Gasteiger charge is 2.34. The van der Waals surface area contributed by atoms with Crippen molar-refractivity contribution in [3.05, 3.63) is 0 Å². The van der Waals surface area contributed by atoms with Crippen LogP contribution in [0.4, 0.5) is 0 Å². The maximum absolute atomic E-state index is 12.7. The summed E-state index contributed by atoms with van der Waals surface area (Å²) in [7, 11) is 2.00. The molecular weight excluding hydrogens is 266 g/mol. The van der Waals surface area contributed by atoms with Crippen molar-refractivity contribution in [2.75, 3.05) is 46.4 Å². The number of carbonyl (C=O) groups excluding carboxylic acids is 1. The third-order valence-electron chi connectivity index (χ3n) is 5.19. The first kappa shape index (κ1) is 16.7. The van der Waals surface area contributed by atoms with Gasteiger partial charge in [-0.25, -0.2) is 0 Å². The Kier molecular flexibility index (Phi) is 6.45. The number of rotatable bonds is 5. The summed E-state index contributed by atoms with van der Waals surface area (Å²) in [5, 5.41) is 12.5. The molecule has 2 fully saturated rings. The van der Waals surface area contributed by atoms with Gasteiger partial charge >= 0.3 is 0 Å². The van der Waals surface area contributed by atoms with Gasteiger partial charge in [0.25, 0.3) is 0 Å². The van der Waals surface area contributed by atoms with Gasteiger partial charge in [-0.3, -0.25) is 9.69 Å². The summed E-state index contributed by atoms with van der Waals surface area (Å²) in [6.45, 7) is 4.47. The number of amides is 1. The van der Waals surface area contributed by atoms with Crippen LogP contribution in [0, 0.1) is 0 Å². The molecule has 122 valence electrons. The molecule has 0 spiro atoms. The third kappa shape index (κ3) is 4.66. The number of hydrogen-bond acceptors (Lipinski definition) is 4. The van der Waals surface area contributed by atoms with E-state index in [4.69, 9.17) is 5.11 Å². The quantitative estimate of drug-likeness (QED) is 0.789. The van der Waals surface area contributed by atoms with Gasteiger partial charge in [-0.2, -0.15) is 0 Å². The predicted octanol–water partition coefficient (Wildman–Crippen LogP) is 0.825. The topological polar surface area (TPSA) is 55.8 Å². The largest absolute Gasteiger partial charge is 0.395 e. The van der Waals surface area contributed by atoms with Crippen molar-refractivity contribution in [1.29, 1.82) is 0 Å². The van der Waals surface area contributed by atoms with Crippen LogP contribution in [0.25, 0.3) is 0 Å². The maximum Gasteiger partial charge on any atom is 0.224 e. The fraction of sp³-hybridized carbons (Fsp3) is 0.938. The van der Waals surface area contributed by atoms with Crippen LogP contribution in [0.2, 0.25) is 0 Å². The monoisotopic (exact) mass is 297 g/mol. The molecule has 0 aromatic carbocycles. The Morgan fingerprint density at radius 3 is 2.52 bits per heavy atom. The van der Waals surface area contributed by atoms with Gasteiger partial charge in [-0.05, 0) is 32.9 Å². The van der Waals surface area contributed by atoms with Crippen LogP contribution in [-0.2, 0) is 4.79 Å². The third-order valence-corrected chi connectivity index (χ3v) is 5.19. The minimum atomic E-state index is 0.0342. The van der Waals surface area contributed by atoms with E-state index in [0.29, 0.717) is 12.3 Å². The van der Waals surface area contributed by atoms with E-state index in [0.717, 1.165) is 52.0 Å². The summed E-state index contributed by atoms with van der Waals surface area (Å²) in [4.78, 5) is 17.0. The van der Waals surface area contributed by atoms with Gasteiger partial charge in [-0.15, -0.1) is 0 Å². The van der Waals surface area contributed by atoms with Gasteiger partial charge in [0.2, 0.25) is 5.91 Å². The molecule has 0 aromatic heterocycles. The van der Waals surface area contributed by atoms with Crippen LogP contribution in [0.15, 0.2) is 0 Å². The van der Waals surface area contributed by atoms with Gasteiger partial charge < -0.3 is 15.3 Å². The first-order chi connectivity index (χ1) is 10.2. The summed E-state index contributed by atoms with van der Waals surface area (Å²) in [5.41, 5.74) is 0.0342. The molecular formula is C16H31N3O2. The number of nitrogens with one attached hydrogen (secondary N) is 1. The first-order valence-corrected chi connectivity index (χ1v) is 8.49.